The van der Waals surface area contributed by atoms with Crippen LogP contribution < -0.4 is 5.43 Å². The number of benzene rings is 2. The van der Waals surface area contributed by atoms with Crippen LogP contribution >= 0.6 is 0 Å². The number of rotatable bonds is 1. The van der Waals surface area contributed by atoms with Crippen LogP contribution in [-0.2, 0) is 0 Å². The van der Waals surface area contributed by atoms with Gasteiger partial charge in [0.25, 0.3) is 0 Å². The second-order valence-electron chi connectivity index (χ2n) is 4.61. The number of phenolic OH excluding ortho intramolecular Hbond substituents is 5. The number of hydrogen-bond donors (Lipinski definition) is 5. The Balaban J connectivity index is 2.37. The first-order valence-electron chi connectivity index (χ1n) is 6.13. The summed E-state index contributed by atoms with van der Waals surface area (Å²) in [5.41, 5.74) is -0.809. The minimum absolute atomic E-state index is 0.0612. The summed E-state index contributed by atoms with van der Waals surface area (Å²) >= 11 is 0. The summed E-state index contributed by atoms with van der Waals surface area (Å²) in [7, 11) is 0. The van der Waals surface area contributed by atoms with E-state index in [0.717, 1.165) is 12.1 Å². The van der Waals surface area contributed by atoms with E-state index in [1.165, 1.54) is 18.2 Å². The van der Waals surface area contributed by atoms with E-state index in [1.54, 1.807) is 0 Å². The molecule has 0 atom stereocenters. The molecule has 0 fully saturated rings. The number of phenols is 5. The monoisotopic (exact) mass is 302 g/mol. The van der Waals surface area contributed by atoms with Crippen molar-refractivity contribution in [3.63, 3.8) is 0 Å². The van der Waals surface area contributed by atoms with E-state index >= 15 is 0 Å². The van der Waals surface area contributed by atoms with E-state index in [-0.39, 0.29) is 22.3 Å². The van der Waals surface area contributed by atoms with Gasteiger partial charge in [-0.3, -0.25) is 4.79 Å². The van der Waals surface area contributed by atoms with Crippen LogP contribution in [-0.4, -0.2) is 25.5 Å². The van der Waals surface area contributed by atoms with E-state index in [9.17, 15) is 30.3 Å². The molecule has 3 aromatic rings. The predicted molar refractivity (Wildman–Crippen MR) is 76.2 cm³/mol. The van der Waals surface area contributed by atoms with Gasteiger partial charge in [0, 0.05) is 12.1 Å². The molecule has 7 nitrogen and oxygen atoms in total. The van der Waals surface area contributed by atoms with Gasteiger partial charge in [-0.05, 0) is 12.1 Å². The van der Waals surface area contributed by atoms with Gasteiger partial charge in [0.2, 0.25) is 5.75 Å². The van der Waals surface area contributed by atoms with Crippen LogP contribution in [0.5, 0.6) is 28.7 Å². The molecule has 0 aliphatic carbocycles. The highest BCUT2D eigenvalue weighted by atomic mass is 16.4. The molecular formula is C15H10O7. The summed E-state index contributed by atoms with van der Waals surface area (Å²) in [5.74, 6) is -3.22. The fraction of sp³-hybridized carbons (Fsp3) is 0. The number of aromatic hydroxyl groups is 5. The summed E-state index contributed by atoms with van der Waals surface area (Å²) < 4.78 is 5.38. The molecule has 0 bridgehead atoms. The van der Waals surface area contributed by atoms with Crippen molar-refractivity contribution < 1.29 is 29.9 Å². The van der Waals surface area contributed by atoms with Gasteiger partial charge in [-0.2, -0.15) is 0 Å². The molecule has 3 rings (SSSR count). The number of para-hydroxylation sites is 1. The van der Waals surface area contributed by atoms with Gasteiger partial charge < -0.3 is 29.9 Å². The van der Waals surface area contributed by atoms with Crippen molar-refractivity contribution in [3.05, 3.63) is 40.6 Å². The highest BCUT2D eigenvalue weighted by Gasteiger charge is 2.18. The van der Waals surface area contributed by atoms with Crippen LogP contribution in [0.3, 0.4) is 0 Å². The Labute approximate surface area is 122 Å². The molecule has 112 valence electrons. The van der Waals surface area contributed by atoms with Gasteiger partial charge in [-0.25, -0.2) is 0 Å². The third-order valence-corrected chi connectivity index (χ3v) is 3.23. The number of hydrogen-bond acceptors (Lipinski definition) is 7. The lowest BCUT2D eigenvalue weighted by atomic mass is 10.1. The summed E-state index contributed by atoms with van der Waals surface area (Å²) in [6.07, 6.45) is 0. The average Bonchev–Trinajstić information content (AvgIpc) is 2.47. The molecule has 0 radical (unpaired) electrons. The van der Waals surface area contributed by atoms with Crippen LogP contribution in [0.4, 0.5) is 0 Å². The first kappa shape index (κ1) is 13.6. The lowest BCUT2D eigenvalue weighted by Gasteiger charge is -2.08. The summed E-state index contributed by atoms with van der Waals surface area (Å²) in [6.45, 7) is 0. The Morgan fingerprint density at radius 2 is 1.55 bits per heavy atom. The molecular weight excluding hydrogens is 292 g/mol. The third kappa shape index (κ3) is 1.87. The fourth-order valence-electron chi connectivity index (χ4n) is 2.14. The zero-order valence-electron chi connectivity index (χ0n) is 10.9. The lowest BCUT2D eigenvalue weighted by molar-refractivity contribution is 0.370. The number of fused-ring (bicyclic) bond motifs is 1. The van der Waals surface area contributed by atoms with Gasteiger partial charge in [-0.1, -0.05) is 6.07 Å². The predicted octanol–water partition coefficient (Wildman–Crippen LogP) is 1.99. The maximum Gasteiger partial charge on any atom is 0.201 e. The Morgan fingerprint density at radius 1 is 0.818 bits per heavy atom. The average molecular weight is 302 g/mol. The Morgan fingerprint density at radius 3 is 2.27 bits per heavy atom. The third-order valence-electron chi connectivity index (χ3n) is 3.23. The first-order chi connectivity index (χ1) is 10.4. The largest absolute Gasteiger partial charge is 0.504 e. The molecule has 7 heteroatoms. The smallest absolute Gasteiger partial charge is 0.201 e. The van der Waals surface area contributed by atoms with Gasteiger partial charge in [0.15, 0.2) is 28.4 Å². The normalized spacial score (nSPS) is 10.9. The minimum atomic E-state index is -0.826. The van der Waals surface area contributed by atoms with Crippen LogP contribution in [0, 0.1) is 0 Å². The van der Waals surface area contributed by atoms with Crippen molar-refractivity contribution in [1.82, 2.24) is 0 Å². The van der Waals surface area contributed by atoms with E-state index in [0.29, 0.717) is 0 Å². The molecule has 0 aliphatic rings. The Kier molecular flexibility index (Phi) is 2.84. The Bertz CT molecular complexity index is 956. The maximum atomic E-state index is 12.1. The molecule has 0 amide bonds. The van der Waals surface area contributed by atoms with Crippen molar-refractivity contribution in [3.8, 4) is 40.1 Å². The van der Waals surface area contributed by atoms with Crippen molar-refractivity contribution >= 4 is 11.0 Å². The van der Waals surface area contributed by atoms with Crippen molar-refractivity contribution in [2.45, 2.75) is 0 Å². The molecule has 22 heavy (non-hydrogen) atoms. The summed E-state index contributed by atoms with van der Waals surface area (Å²) in [5, 5.41) is 47.6. The highest BCUT2D eigenvalue weighted by Crippen LogP contribution is 2.42. The minimum Gasteiger partial charge on any atom is -0.504 e. The zero-order chi connectivity index (χ0) is 16.0. The second kappa shape index (κ2) is 4.59. The molecule has 1 heterocycles. The van der Waals surface area contributed by atoms with E-state index < -0.39 is 34.2 Å². The van der Waals surface area contributed by atoms with E-state index in [1.807, 2.05) is 0 Å². The van der Waals surface area contributed by atoms with Gasteiger partial charge in [0.1, 0.15) is 16.7 Å². The molecule has 0 aliphatic heterocycles. The zero-order valence-corrected chi connectivity index (χ0v) is 10.9. The molecule has 0 spiro atoms. The molecule has 5 N–H and O–H groups in total. The first-order valence-corrected chi connectivity index (χ1v) is 6.13. The SMILES string of the molecule is O=c1cc(-c2cccc(O)c2O)oc2cc(O)c(O)c(O)c12. The second-order valence-corrected chi connectivity index (χ2v) is 4.61. The van der Waals surface area contributed by atoms with Gasteiger partial charge >= 0.3 is 0 Å². The molecule has 0 unspecified atom stereocenters. The van der Waals surface area contributed by atoms with Crippen molar-refractivity contribution in [2.75, 3.05) is 0 Å². The van der Waals surface area contributed by atoms with E-state index in [4.69, 9.17) is 4.42 Å². The van der Waals surface area contributed by atoms with E-state index in [2.05, 4.69) is 0 Å². The summed E-state index contributed by atoms with van der Waals surface area (Å²) in [6, 6.07) is 6.08. The van der Waals surface area contributed by atoms with Crippen LogP contribution in [0.1, 0.15) is 0 Å². The molecule has 1 aromatic heterocycles. The standard InChI is InChI=1S/C15H10O7/c16-7-3-1-2-6(13(7)19)10-4-8(17)12-11(22-10)5-9(18)14(20)15(12)21/h1-5,16,18-21H. The maximum absolute atomic E-state index is 12.1. The quantitative estimate of drug-likeness (QED) is 0.434. The lowest BCUT2D eigenvalue weighted by Crippen LogP contribution is -2.01. The molecule has 0 saturated carbocycles. The topological polar surface area (TPSA) is 131 Å². The Hall–Kier alpha value is -3.35. The van der Waals surface area contributed by atoms with Gasteiger partial charge in [-0.15, -0.1) is 0 Å². The van der Waals surface area contributed by atoms with Crippen molar-refractivity contribution in [2.24, 2.45) is 0 Å². The molecule has 2 aromatic carbocycles. The van der Waals surface area contributed by atoms with Crippen LogP contribution in [0.25, 0.3) is 22.3 Å². The highest BCUT2D eigenvalue weighted by molar-refractivity contribution is 5.89. The van der Waals surface area contributed by atoms with Crippen LogP contribution in [0.15, 0.2) is 39.5 Å². The van der Waals surface area contributed by atoms with Crippen molar-refractivity contribution in [1.29, 1.82) is 0 Å². The van der Waals surface area contributed by atoms with Crippen LogP contribution in [0.2, 0.25) is 0 Å². The van der Waals surface area contributed by atoms with Gasteiger partial charge in [0.05, 0.1) is 5.56 Å². The molecule has 0 saturated heterocycles. The fourth-order valence-corrected chi connectivity index (χ4v) is 2.14. The summed E-state index contributed by atoms with van der Waals surface area (Å²) in [4.78, 5) is 12.1.